The fourth-order valence-corrected chi connectivity index (χ4v) is 4.92. The molecule has 0 fully saturated rings. The maximum atomic E-state index is 4.10. The summed E-state index contributed by atoms with van der Waals surface area (Å²) in [5.41, 5.74) is 0. The molecule has 0 heteroatoms. The Balaban J connectivity index is 3.24. The lowest BCUT2D eigenvalue weighted by Crippen LogP contribution is -2.00. The van der Waals surface area contributed by atoms with Crippen LogP contribution in [0.1, 0.15) is 181 Å². The lowest BCUT2D eigenvalue weighted by atomic mass is 9.91. The fourth-order valence-electron chi connectivity index (χ4n) is 4.92. The second kappa shape index (κ2) is 27.0. The van der Waals surface area contributed by atoms with Crippen molar-refractivity contribution in [1.29, 1.82) is 0 Å². The first-order chi connectivity index (χ1) is 14.8. The first-order valence-electron chi connectivity index (χ1n) is 14.6. The van der Waals surface area contributed by atoms with Gasteiger partial charge in [0, 0.05) is 0 Å². The van der Waals surface area contributed by atoms with Crippen molar-refractivity contribution in [3.63, 3.8) is 0 Å². The number of hydrogen-bond donors (Lipinski definition) is 0. The van der Waals surface area contributed by atoms with Crippen molar-refractivity contribution in [2.75, 3.05) is 0 Å². The number of hydrogen-bond acceptors (Lipinski definition) is 0. The molecule has 0 saturated carbocycles. The van der Waals surface area contributed by atoms with E-state index in [-0.39, 0.29) is 0 Å². The molecule has 0 heterocycles. The summed E-state index contributed by atoms with van der Waals surface area (Å²) in [5, 5.41) is 0. The van der Waals surface area contributed by atoms with Crippen LogP contribution >= 0.6 is 0 Å². The van der Waals surface area contributed by atoms with Crippen molar-refractivity contribution >= 4 is 0 Å². The molecule has 1 atom stereocenters. The summed E-state index contributed by atoms with van der Waals surface area (Å²) in [5.74, 6) is 0.973. The Kier molecular flexibility index (Phi) is 27.0. The van der Waals surface area contributed by atoms with Crippen molar-refractivity contribution in [3.05, 3.63) is 6.92 Å². The Hall–Kier alpha value is 0. The van der Waals surface area contributed by atoms with E-state index >= 15 is 0 Å². The minimum atomic E-state index is 0.973. The zero-order valence-corrected chi connectivity index (χ0v) is 21.7. The molecule has 0 amide bonds. The van der Waals surface area contributed by atoms with Gasteiger partial charge in [0.05, 0.1) is 0 Å². The Morgan fingerprint density at radius 1 is 0.367 bits per heavy atom. The van der Waals surface area contributed by atoms with Crippen molar-refractivity contribution in [1.82, 2.24) is 0 Å². The average molecular weight is 422 g/mol. The van der Waals surface area contributed by atoms with Crippen molar-refractivity contribution in [2.45, 2.75) is 181 Å². The molecule has 0 N–H and O–H groups in total. The zero-order chi connectivity index (χ0) is 22.0. The minimum Gasteiger partial charge on any atom is -0.0654 e. The lowest BCUT2D eigenvalue weighted by Gasteiger charge is -2.15. The highest BCUT2D eigenvalue weighted by Crippen LogP contribution is 2.23. The van der Waals surface area contributed by atoms with Crippen LogP contribution in [0.3, 0.4) is 0 Å². The molecule has 0 saturated heterocycles. The lowest BCUT2D eigenvalue weighted by molar-refractivity contribution is 0.383. The first kappa shape index (κ1) is 30.0. The molecule has 0 aliphatic carbocycles. The molecule has 0 aromatic rings. The summed E-state index contributed by atoms with van der Waals surface area (Å²) in [6, 6.07) is 0. The molecule has 0 aliphatic heterocycles. The maximum Gasteiger partial charge on any atom is -0.0414 e. The molecule has 0 spiro atoms. The topological polar surface area (TPSA) is 0 Å². The normalized spacial score (nSPS) is 12.5. The van der Waals surface area contributed by atoms with Gasteiger partial charge >= 0.3 is 0 Å². The Bertz CT molecular complexity index is 282. The maximum absolute atomic E-state index is 4.10. The average Bonchev–Trinajstić information content (AvgIpc) is 2.75. The quantitative estimate of drug-likeness (QED) is 0.122. The summed E-state index contributed by atoms with van der Waals surface area (Å²) in [6.07, 6.45) is 37.6. The molecule has 0 rings (SSSR count). The third kappa shape index (κ3) is 24.3. The van der Waals surface area contributed by atoms with Crippen molar-refractivity contribution < 1.29 is 0 Å². The van der Waals surface area contributed by atoms with Gasteiger partial charge in [-0.3, -0.25) is 0 Å². The van der Waals surface area contributed by atoms with E-state index in [2.05, 4.69) is 20.8 Å². The largest absolute Gasteiger partial charge is 0.0654 e. The SMILES string of the molecule is [CH2]CCC(CCCCCC)CCCCCCCCCCCCCCCCCCCC. The van der Waals surface area contributed by atoms with Crippen LogP contribution in [0, 0.1) is 12.8 Å². The summed E-state index contributed by atoms with van der Waals surface area (Å²) in [6.45, 7) is 8.72. The molecule has 30 heavy (non-hydrogen) atoms. The second-order valence-corrected chi connectivity index (χ2v) is 10.2. The molecule has 0 aromatic heterocycles. The smallest absolute Gasteiger partial charge is 0.0414 e. The summed E-state index contributed by atoms with van der Waals surface area (Å²) < 4.78 is 0. The van der Waals surface area contributed by atoms with Gasteiger partial charge in [0.1, 0.15) is 0 Å². The van der Waals surface area contributed by atoms with Gasteiger partial charge in [-0.1, -0.05) is 188 Å². The number of unbranched alkanes of at least 4 members (excludes halogenated alkanes) is 20. The number of rotatable bonds is 26. The van der Waals surface area contributed by atoms with E-state index in [1.54, 1.807) is 0 Å². The van der Waals surface area contributed by atoms with Gasteiger partial charge in [-0.05, 0) is 5.92 Å². The molecule has 1 radical (unpaired) electrons. The van der Waals surface area contributed by atoms with E-state index in [0.29, 0.717) is 0 Å². The van der Waals surface area contributed by atoms with Crippen LogP contribution in [0.5, 0.6) is 0 Å². The van der Waals surface area contributed by atoms with Crippen LogP contribution in [0.2, 0.25) is 0 Å². The fraction of sp³-hybridized carbons (Fsp3) is 0.967. The van der Waals surface area contributed by atoms with Crippen LogP contribution in [0.4, 0.5) is 0 Å². The minimum absolute atomic E-state index is 0.973. The Labute approximate surface area is 193 Å². The first-order valence-corrected chi connectivity index (χ1v) is 14.6. The third-order valence-corrected chi connectivity index (χ3v) is 7.04. The van der Waals surface area contributed by atoms with Gasteiger partial charge in [0.25, 0.3) is 0 Å². The monoisotopic (exact) mass is 421 g/mol. The molecular weight excluding hydrogens is 360 g/mol. The Morgan fingerprint density at radius 3 is 0.933 bits per heavy atom. The van der Waals surface area contributed by atoms with E-state index in [4.69, 9.17) is 0 Å². The van der Waals surface area contributed by atoms with Crippen LogP contribution in [0.15, 0.2) is 0 Å². The summed E-state index contributed by atoms with van der Waals surface area (Å²) in [4.78, 5) is 0. The summed E-state index contributed by atoms with van der Waals surface area (Å²) >= 11 is 0. The molecule has 0 nitrogen and oxygen atoms in total. The molecule has 1 unspecified atom stereocenters. The standard InChI is InChI=1S/C30H61/c1-4-7-9-11-12-13-14-15-16-17-18-19-20-21-22-23-24-26-29-30(27-6-3)28-25-10-8-5-2/h30H,3-29H2,1-2H3. The van der Waals surface area contributed by atoms with Gasteiger partial charge in [-0.25, -0.2) is 0 Å². The molecular formula is C30H61. The molecule has 181 valence electrons. The van der Waals surface area contributed by atoms with E-state index in [0.717, 1.165) is 12.3 Å². The predicted octanol–water partition coefficient (Wildman–Crippen LogP) is 11.6. The second-order valence-electron chi connectivity index (χ2n) is 10.2. The van der Waals surface area contributed by atoms with Gasteiger partial charge in [0.2, 0.25) is 0 Å². The highest BCUT2D eigenvalue weighted by atomic mass is 14.1. The van der Waals surface area contributed by atoms with E-state index in [9.17, 15) is 0 Å². The predicted molar refractivity (Wildman–Crippen MR) is 140 cm³/mol. The highest BCUT2D eigenvalue weighted by Gasteiger charge is 2.07. The van der Waals surface area contributed by atoms with Crippen molar-refractivity contribution in [3.8, 4) is 0 Å². The molecule has 0 aromatic carbocycles. The third-order valence-electron chi connectivity index (χ3n) is 7.04. The molecule has 0 aliphatic rings. The highest BCUT2D eigenvalue weighted by molar-refractivity contribution is 4.62. The van der Waals surface area contributed by atoms with Crippen LogP contribution in [0.25, 0.3) is 0 Å². The molecule has 0 bridgehead atoms. The van der Waals surface area contributed by atoms with Crippen LogP contribution in [-0.2, 0) is 0 Å². The summed E-state index contributed by atoms with van der Waals surface area (Å²) in [7, 11) is 0. The van der Waals surface area contributed by atoms with Crippen molar-refractivity contribution in [2.24, 2.45) is 5.92 Å². The van der Waals surface area contributed by atoms with Gasteiger partial charge in [-0.15, -0.1) is 0 Å². The van der Waals surface area contributed by atoms with Crippen LogP contribution < -0.4 is 0 Å². The van der Waals surface area contributed by atoms with Gasteiger partial charge in [0.15, 0.2) is 0 Å². The van der Waals surface area contributed by atoms with Gasteiger partial charge in [-0.2, -0.15) is 0 Å². The van der Waals surface area contributed by atoms with E-state index in [1.165, 1.54) is 161 Å². The van der Waals surface area contributed by atoms with E-state index in [1.807, 2.05) is 0 Å². The Morgan fingerprint density at radius 2 is 0.633 bits per heavy atom. The van der Waals surface area contributed by atoms with Crippen LogP contribution in [-0.4, -0.2) is 0 Å². The van der Waals surface area contributed by atoms with E-state index < -0.39 is 0 Å². The van der Waals surface area contributed by atoms with Gasteiger partial charge < -0.3 is 0 Å². The zero-order valence-electron chi connectivity index (χ0n) is 21.7.